The number of anilines is 1. The Morgan fingerprint density at radius 2 is 1.86 bits per heavy atom. The number of nitrogens with zero attached hydrogens (tertiary/aromatic N) is 3. The molecule has 4 nitrogen and oxygen atoms in total. The van der Waals surface area contributed by atoms with E-state index in [-0.39, 0.29) is 11.7 Å². The van der Waals surface area contributed by atoms with E-state index in [1.54, 1.807) is 18.5 Å². The highest BCUT2D eigenvalue weighted by atomic mass is 35.5. The van der Waals surface area contributed by atoms with Gasteiger partial charge in [0.2, 0.25) is 0 Å². The van der Waals surface area contributed by atoms with Gasteiger partial charge in [-0.2, -0.15) is 0 Å². The van der Waals surface area contributed by atoms with Gasteiger partial charge in [-0.05, 0) is 44.0 Å². The lowest BCUT2D eigenvalue weighted by atomic mass is 9.89. The van der Waals surface area contributed by atoms with Gasteiger partial charge in [-0.1, -0.05) is 11.6 Å². The number of ketones is 1. The summed E-state index contributed by atoms with van der Waals surface area (Å²) in [5, 5.41) is 0.658. The molecule has 0 atom stereocenters. The molecule has 0 aliphatic carbocycles. The first kappa shape index (κ1) is 15.0. The van der Waals surface area contributed by atoms with Gasteiger partial charge >= 0.3 is 0 Å². The van der Waals surface area contributed by atoms with Crippen LogP contribution in [0.1, 0.15) is 28.9 Å². The standard InChI is InChI=1S/C17H18ClN3O/c1-12-10-16(20-11-19-12)21-8-6-14(7-9-21)17(22)13-2-4-15(18)5-3-13/h2-5,10-11,14H,6-9H2,1H3. The number of carbonyl (C=O) groups is 1. The summed E-state index contributed by atoms with van der Waals surface area (Å²) in [6, 6.07) is 9.15. The fraction of sp³-hybridized carbons (Fsp3) is 0.353. The van der Waals surface area contributed by atoms with Crippen molar-refractivity contribution < 1.29 is 4.79 Å². The lowest BCUT2D eigenvalue weighted by molar-refractivity contribution is 0.0900. The first-order chi connectivity index (χ1) is 10.6. The van der Waals surface area contributed by atoms with Crippen molar-refractivity contribution in [3.63, 3.8) is 0 Å². The number of carbonyl (C=O) groups excluding carboxylic acids is 1. The van der Waals surface area contributed by atoms with Crippen molar-refractivity contribution in [2.45, 2.75) is 19.8 Å². The van der Waals surface area contributed by atoms with Gasteiger partial charge in [-0.25, -0.2) is 9.97 Å². The number of benzene rings is 1. The zero-order chi connectivity index (χ0) is 15.5. The maximum absolute atomic E-state index is 12.5. The van der Waals surface area contributed by atoms with Gasteiger partial charge in [-0.15, -0.1) is 0 Å². The third-order valence-electron chi connectivity index (χ3n) is 4.11. The van der Waals surface area contributed by atoms with Crippen LogP contribution in [-0.2, 0) is 0 Å². The monoisotopic (exact) mass is 315 g/mol. The van der Waals surface area contributed by atoms with E-state index in [2.05, 4.69) is 14.9 Å². The molecule has 1 aromatic heterocycles. The van der Waals surface area contributed by atoms with E-state index in [4.69, 9.17) is 11.6 Å². The van der Waals surface area contributed by atoms with Crippen LogP contribution >= 0.6 is 11.6 Å². The second kappa shape index (κ2) is 6.44. The molecule has 1 fully saturated rings. The molecule has 0 amide bonds. The highest BCUT2D eigenvalue weighted by Crippen LogP contribution is 2.25. The Balaban J connectivity index is 1.64. The van der Waals surface area contributed by atoms with Crippen molar-refractivity contribution in [2.75, 3.05) is 18.0 Å². The van der Waals surface area contributed by atoms with Crippen molar-refractivity contribution >= 4 is 23.2 Å². The molecule has 0 saturated carbocycles. The zero-order valence-corrected chi connectivity index (χ0v) is 13.3. The Morgan fingerprint density at radius 3 is 2.50 bits per heavy atom. The molecule has 0 unspecified atom stereocenters. The summed E-state index contributed by atoms with van der Waals surface area (Å²) in [5.41, 5.74) is 1.71. The van der Waals surface area contributed by atoms with Crippen molar-refractivity contribution in [3.8, 4) is 0 Å². The van der Waals surface area contributed by atoms with Gasteiger partial charge in [0.05, 0.1) is 0 Å². The minimum atomic E-state index is 0.0837. The van der Waals surface area contributed by atoms with E-state index in [1.807, 2.05) is 25.1 Å². The molecule has 5 heteroatoms. The third-order valence-corrected chi connectivity index (χ3v) is 4.36. The number of Topliss-reactive ketones (excluding diaryl/α,β-unsaturated/α-hetero) is 1. The molecule has 1 aliphatic heterocycles. The Kier molecular flexibility index (Phi) is 4.39. The molecule has 3 rings (SSSR count). The molecule has 2 heterocycles. The Morgan fingerprint density at radius 1 is 1.18 bits per heavy atom. The van der Waals surface area contributed by atoms with E-state index in [9.17, 15) is 4.79 Å². The Bertz CT molecular complexity index is 664. The van der Waals surface area contributed by atoms with Crippen LogP contribution in [0.3, 0.4) is 0 Å². The molecule has 1 saturated heterocycles. The number of hydrogen-bond donors (Lipinski definition) is 0. The fourth-order valence-electron chi connectivity index (χ4n) is 2.83. The first-order valence-electron chi connectivity index (χ1n) is 7.47. The summed E-state index contributed by atoms with van der Waals surface area (Å²) >= 11 is 5.87. The van der Waals surface area contributed by atoms with Crippen LogP contribution in [0.5, 0.6) is 0 Å². The maximum Gasteiger partial charge on any atom is 0.166 e. The summed E-state index contributed by atoms with van der Waals surface area (Å²) in [6.45, 7) is 3.66. The van der Waals surface area contributed by atoms with Crippen LogP contribution in [0.25, 0.3) is 0 Å². The second-order valence-corrected chi connectivity index (χ2v) is 6.09. The summed E-state index contributed by atoms with van der Waals surface area (Å²) in [4.78, 5) is 23.2. The van der Waals surface area contributed by atoms with E-state index >= 15 is 0 Å². The zero-order valence-electron chi connectivity index (χ0n) is 12.5. The largest absolute Gasteiger partial charge is 0.356 e. The quantitative estimate of drug-likeness (QED) is 0.813. The molecule has 0 N–H and O–H groups in total. The van der Waals surface area contributed by atoms with Gasteiger partial charge in [0.15, 0.2) is 5.78 Å². The molecule has 0 bridgehead atoms. The Labute approximate surface area is 135 Å². The van der Waals surface area contributed by atoms with Gasteiger partial charge in [-0.3, -0.25) is 4.79 Å². The second-order valence-electron chi connectivity index (χ2n) is 5.65. The minimum absolute atomic E-state index is 0.0837. The Hall–Kier alpha value is -1.94. The molecule has 1 aromatic carbocycles. The van der Waals surface area contributed by atoms with E-state index in [0.29, 0.717) is 5.02 Å². The van der Waals surface area contributed by atoms with Crippen LogP contribution in [0.15, 0.2) is 36.7 Å². The topological polar surface area (TPSA) is 46.1 Å². The van der Waals surface area contributed by atoms with Gasteiger partial charge in [0.1, 0.15) is 12.1 Å². The lowest BCUT2D eigenvalue weighted by Gasteiger charge is -2.32. The van der Waals surface area contributed by atoms with Gasteiger partial charge in [0.25, 0.3) is 0 Å². The summed E-state index contributed by atoms with van der Waals surface area (Å²) in [7, 11) is 0. The highest BCUT2D eigenvalue weighted by molar-refractivity contribution is 6.30. The predicted molar refractivity (Wildman–Crippen MR) is 87.5 cm³/mol. The van der Waals surface area contributed by atoms with Crippen LogP contribution in [0.4, 0.5) is 5.82 Å². The van der Waals surface area contributed by atoms with Crippen molar-refractivity contribution in [1.82, 2.24) is 9.97 Å². The fourth-order valence-corrected chi connectivity index (χ4v) is 2.96. The van der Waals surface area contributed by atoms with E-state index < -0.39 is 0 Å². The molecular weight excluding hydrogens is 298 g/mol. The van der Waals surface area contributed by atoms with Crippen LogP contribution in [0, 0.1) is 12.8 Å². The van der Waals surface area contributed by atoms with Crippen molar-refractivity contribution in [3.05, 3.63) is 52.9 Å². The van der Waals surface area contributed by atoms with Crippen LogP contribution in [0.2, 0.25) is 5.02 Å². The number of halogens is 1. The number of aryl methyl sites for hydroxylation is 1. The third kappa shape index (κ3) is 3.28. The number of hydrogen-bond acceptors (Lipinski definition) is 4. The summed E-state index contributed by atoms with van der Waals surface area (Å²) in [5.74, 6) is 1.25. The molecule has 2 aromatic rings. The number of aromatic nitrogens is 2. The van der Waals surface area contributed by atoms with Crippen molar-refractivity contribution in [2.24, 2.45) is 5.92 Å². The molecule has 114 valence electrons. The van der Waals surface area contributed by atoms with Gasteiger partial charge in [0, 0.05) is 41.4 Å². The predicted octanol–water partition coefficient (Wildman–Crippen LogP) is 3.54. The molecule has 22 heavy (non-hydrogen) atoms. The van der Waals surface area contributed by atoms with E-state index in [1.165, 1.54) is 0 Å². The molecule has 0 radical (unpaired) electrons. The highest BCUT2D eigenvalue weighted by Gasteiger charge is 2.26. The van der Waals surface area contributed by atoms with Crippen LogP contribution in [-0.4, -0.2) is 28.8 Å². The minimum Gasteiger partial charge on any atom is -0.356 e. The van der Waals surface area contributed by atoms with Gasteiger partial charge < -0.3 is 4.90 Å². The van der Waals surface area contributed by atoms with E-state index in [0.717, 1.165) is 43.0 Å². The maximum atomic E-state index is 12.5. The van der Waals surface area contributed by atoms with Crippen LogP contribution < -0.4 is 4.90 Å². The summed E-state index contributed by atoms with van der Waals surface area (Å²) < 4.78 is 0. The number of piperidine rings is 1. The first-order valence-corrected chi connectivity index (χ1v) is 7.84. The molecular formula is C17H18ClN3O. The molecule has 0 spiro atoms. The van der Waals surface area contributed by atoms with Crippen molar-refractivity contribution in [1.29, 1.82) is 0 Å². The number of rotatable bonds is 3. The average Bonchev–Trinajstić information content (AvgIpc) is 2.55. The smallest absolute Gasteiger partial charge is 0.166 e. The average molecular weight is 316 g/mol. The summed E-state index contributed by atoms with van der Waals surface area (Å²) in [6.07, 6.45) is 3.30. The normalized spacial score (nSPS) is 15.8. The lowest BCUT2D eigenvalue weighted by Crippen LogP contribution is -2.36. The SMILES string of the molecule is Cc1cc(N2CCC(C(=O)c3ccc(Cl)cc3)CC2)ncn1. The molecule has 1 aliphatic rings.